The summed E-state index contributed by atoms with van der Waals surface area (Å²) >= 11 is 1.60. The maximum Gasteiger partial charge on any atom is 0.251 e. The summed E-state index contributed by atoms with van der Waals surface area (Å²) in [7, 11) is 0. The van der Waals surface area contributed by atoms with E-state index >= 15 is 0 Å². The molecular weight excluding hydrogens is 388 g/mol. The van der Waals surface area contributed by atoms with Gasteiger partial charge in [0.2, 0.25) is 5.89 Å². The first-order valence-electron chi connectivity index (χ1n) is 9.23. The van der Waals surface area contributed by atoms with Crippen LogP contribution in [0.1, 0.15) is 33.6 Å². The fraction of sp³-hybridized carbons (Fsp3) is 0.300. The van der Waals surface area contributed by atoms with Crippen LogP contribution < -0.4 is 10.6 Å². The Kier molecular flexibility index (Phi) is 4.93. The summed E-state index contributed by atoms with van der Waals surface area (Å²) in [5, 5.41) is 24.8. The summed E-state index contributed by atoms with van der Waals surface area (Å²) in [6.07, 6.45) is 1.68. The van der Waals surface area contributed by atoms with E-state index in [0.29, 0.717) is 17.3 Å². The van der Waals surface area contributed by atoms with E-state index in [4.69, 9.17) is 4.42 Å². The average Bonchev–Trinajstić information content (AvgIpc) is 3.30. The third-order valence-electron chi connectivity index (χ3n) is 4.13. The van der Waals surface area contributed by atoms with Gasteiger partial charge in [0.25, 0.3) is 5.89 Å². The summed E-state index contributed by atoms with van der Waals surface area (Å²) < 4.78 is 6.78. The number of benzene rings is 1. The van der Waals surface area contributed by atoms with Crippen LogP contribution in [0.2, 0.25) is 0 Å². The molecule has 1 aromatic carbocycles. The zero-order chi connectivity index (χ0) is 20.6. The number of hydrogen-bond acceptors (Lipinski definition) is 9. The average molecular weight is 411 g/mol. The Hall–Kier alpha value is -3.04. The number of nitrogens with one attached hydrogen (secondary N) is 2. The van der Waals surface area contributed by atoms with Crippen LogP contribution in [-0.4, -0.2) is 31.3 Å². The lowest BCUT2D eigenvalue weighted by atomic mass is 10.1. The molecule has 0 aliphatic rings. The fourth-order valence-corrected chi connectivity index (χ4v) is 3.50. The largest absolute Gasteiger partial charge is 0.417 e. The van der Waals surface area contributed by atoms with Crippen molar-refractivity contribution in [1.82, 2.24) is 20.2 Å². The van der Waals surface area contributed by atoms with E-state index in [0.717, 1.165) is 21.6 Å². The zero-order valence-electron chi connectivity index (χ0n) is 16.6. The van der Waals surface area contributed by atoms with Gasteiger partial charge in [-0.3, -0.25) is 0 Å². The van der Waals surface area contributed by atoms with E-state index in [2.05, 4.69) is 30.8 Å². The molecule has 9 heteroatoms. The van der Waals surface area contributed by atoms with E-state index in [1.165, 1.54) is 0 Å². The van der Waals surface area contributed by atoms with Crippen LogP contribution in [0, 0.1) is 0 Å². The molecule has 0 atom stereocenters. The minimum atomic E-state index is -1.21. The van der Waals surface area contributed by atoms with Crippen molar-refractivity contribution >= 4 is 38.7 Å². The predicted molar refractivity (Wildman–Crippen MR) is 114 cm³/mol. The molecule has 29 heavy (non-hydrogen) atoms. The first kappa shape index (κ1) is 19.3. The fourth-order valence-electron chi connectivity index (χ4n) is 2.78. The van der Waals surface area contributed by atoms with Gasteiger partial charge in [-0.25, -0.2) is 9.97 Å². The van der Waals surface area contributed by atoms with Crippen molar-refractivity contribution in [3.63, 3.8) is 0 Å². The van der Waals surface area contributed by atoms with Gasteiger partial charge in [0.15, 0.2) is 0 Å². The molecule has 4 aromatic rings. The van der Waals surface area contributed by atoms with Crippen LogP contribution in [-0.2, 0) is 5.60 Å². The van der Waals surface area contributed by atoms with Crippen molar-refractivity contribution in [2.75, 3.05) is 10.6 Å². The molecule has 3 N–H and O–H groups in total. The molecule has 3 aromatic heterocycles. The normalized spacial score (nSPS) is 11.9. The second kappa shape index (κ2) is 7.41. The number of pyridine rings is 1. The molecule has 0 amide bonds. The number of nitrogens with zero attached hydrogens (tertiary/aromatic N) is 4. The molecule has 8 nitrogen and oxygen atoms in total. The van der Waals surface area contributed by atoms with E-state index in [1.54, 1.807) is 31.4 Å². The highest BCUT2D eigenvalue weighted by molar-refractivity contribution is 7.16. The number of fused-ring (bicyclic) bond motifs is 1. The Morgan fingerprint density at radius 3 is 2.69 bits per heavy atom. The van der Waals surface area contributed by atoms with Gasteiger partial charge in [-0.05, 0) is 45.9 Å². The molecule has 0 aliphatic carbocycles. The van der Waals surface area contributed by atoms with Crippen molar-refractivity contribution in [3.8, 4) is 11.5 Å². The molecule has 0 unspecified atom stereocenters. The third kappa shape index (κ3) is 4.20. The number of thiazole rings is 1. The molecule has 0 aliphatic heterocycles. The Balaban J connectivity index is 1.67. The SMILES string of the molecule is CC(C)Nc1cc(Nc2ccc3ncsc3c2)ncc1-c1nnc(C(C)(C)O)o1. The lowest BCUT2D eigenvalue weighted by Gasteiger charge is -2.15. The van der Waals surface area contributed by atoms with E-state index in [9.17, 15) is 5.11 Å². The minimum absolute atomic E-state index is 0.156. The molecule has 0 spiro atoms. The van der Waals surface area contributed by atoms with Gasteiger partial charge in [0, 0.05) is 24.0 Å². The summed E-state index contributed by atoms with van der Waals surface area (Å²) in [4.78, 5) is 8.81. The van der Waals surface area contributed by atoms with Crippen molar-refractivity contribution in [2.24, 2.45) is 0 Å². The number of anilines is 3. The van der Waals surface area contributed by atoms with E-state index < -0.39 is 5.60 Å². The van der Waals surface area contributed by atoms with E-state index in [1.807, 2.05) is 43.6 Å². The van der Waals surface area contributed by atoms with Gasteiger partial charge >= 0.3 is 0 Å². The Labute approximate surface area is 172 Å². The molecule has 0 bridgehead atoms. The summed E-state index contributed by atoms with van der Waals surface area (Å²) in [6.45, 7) is 7.29. The van der Waals surface area contributed by atoms with Gasteiger partial charge in [0.1, 0.15) is 11.4 Å². The molecule has 0 saturated heterocycles. The Morgan fingerprint density at radius 1 is 1.14 bits per heavy atom. The highest BCUT2D eigenvalue weighted by Gasteiger charge is 2.25. The molecule has 0 saturated carbocycles. The van der Waals surface area contributed by atoms with Gasteiger partial charge in [-0.15, -0.1) is 21.5 Å². The quantitative estimate of drug-likeness (QED) is 0.425. The van der Waals surface area contributed by atoms with Crippen LogP contribution >= 0.6 is 11.3 Å². The summed E-state index contributed by atoms with van der Waals surface area (Å²) in [5.41, 5.74) is 4.01. The van der Waals surface area contributed by atoms with Crippen molar-refractivity contribution < 1.29 is 9.52 Å². The van der Waals surface area contributed by atoms with Crippen molar-refractivity contribution in [2.45, 2.75) is 39.3 Å². The molecule has 4 rings (SSSR count). The lowest BCUT2D eigenvalue weighted by Crippen LogP contribution is -2.15. The van der Waals surface area contributed by atoms with Crippen LogP contribution in [0.25, 0.3) is 21.7 Å². The van der Waals surface area contributed by atoms with Crippen LogP contribution in [0.5, 0.6) is 0 Å². The molecule has 150 valence electrons. The van der Waals surface area contributed by atoms with Gasteiger partial charge in [-0.1, -0.05) is 0 Å². The van der Waals surface area contributed by atoms with Crippen molar-refractivity contribution in [3.05, 3.63) is 41.9 Å². The molecular formula is C20H22N6O2S. The molecule has 0 fully saturated rings. The number of hydrogen-bond donors (Lipinski definition) is 3. The highest BCUT2D eigenvalue weighted by Crippen LogP contribution is 2.32. The standard InChI is InChI=1S/C20H22N6O2S/c1-11(2)23-15-8-17(24-12-5-6-14-16(7-12)29-10-22-14)21-9-13(15)18-25-26-19(28-18)20(3,4)27/h5-11,27H,1-4H3,(H2,21,23,24). The second-order valence-corrected chi connectivity index (χ2v) is 8.43. The summed E-state index contributed by atoms with van der Waals surface area (Å²) in [5.74, 6) is 1.14. The molecule has 0 radical (unpaired) electrons. The van der Waals surface area contributed by atoms with Crippen LogP contribution in [0.4, 0.5) is 17.2 Å². The summed E-state index contributed by atoms with van der Waals surface area (Å²) in [6, 6.07) is 8.09. The van der Waals surface area contributed by atoms with E-state index in [-0.39, 0.29) is 11.9 Å². The number of aromatic nitrogens is 4. The first-order valence-corrected chi connectivity index (χ1v) is 10.1. The molecule has 3 heterocycles. The van der Waals surface area contributed by atoms with Gasteiger partial charge in [-0.2, -0.15) is 0 Å². The van der Waals surface area contributed by atoms with Crippen LogP contribution in [0.3, 0.4) is 0 Å². The Bertz CT molecular complexity index is 1150. The number of aliphatic hydroxyl groups is 1. The van der Waals surface area contributed by atoms with Gasteiger partial charge < -0.3 is 20.2 Å². The maximum absolute atomic E-state index is 10.1. The lowest BCUT2D eigenvalue weighted by molar-refractivity contribution is 0.0488. The van der Waals surface area contributed by atoms with Crippen LogP contribution in [0.15, 0.2) is 40.4 Å². The second-order valence-electron chi connectivity index (χ2n) is 7.55. The maximum atomic E-state index is 10.1. The third-order valence-corrected chi connectivity index (χ3v) is 4.92. The monoisotopic (exact) mass is 410 g/mol. The first-order chi connectivity index (χ1) is 13.8. The number of rotatable bonds is 6. The topological polar surface area (TPSA) is 109 Å². The Morgan fingerprint density at radius 2 is 1.97 bits per heavy atom. The van der Waals surface area contributed by atoms with Crippen molar-refractivity contribution in [1.29, 1.82) is 0 Å². The predicted octanol–water partition coefficient (Wildman–Crippen LogP) is 4.53. The van der Waals surface area contributed by atoms with Gasteiger partial charge in [0.05, 0.1) is 27.0 Å². The smallest absolute Gasteiger partial charge is 0.251 e. The zero-order valence-corrected chi connectivity index (χ0v) is 17.4. The minimum Gasteiger partial charge on any atom is -0.417 e. The highest BCUT2D eigenvalue weighted by atomic mass is 32.1.